The lowest BCUT2D eigenvalue weighted by molar-refractivity contribution is 1.09. The molecule has 0 fully saturated rings. The summed E-state index contributed by atoms with van der Waals surface area (Å²) in [4.78, 5) is 7.59. The molecule has 0 amide bonds. The lowest BCUT2D eigenvalue weighted by atomic mass is 10.1. The Morgan fingerprint density at radius 1 is 1.19 bits per heavy atom. The third-order valence-corrected chi connectivity index (χ3v) is 2.83. The molecule has 0 radical (unpaired) electrons. The zero-order chi connectivity index (χ0) is 11.0. The minimum atomic E-state index is 0.948. The number of nitrogens with one attached hydrogen (secondary N) is 2. The number of H-pyrrole nitrogens is 2. The first-order chi connectivity index (χ1) is 7.88. The number of aromatic nitrogens is 4. The van der Waals surface area contributed by atoms with Crippen LogP contribution in [0.5, 0.6) is 0 Å². The van der Waals surface area contributed by atoms with Gasteiger partial charge in [-0.15, -0.1) is 0 Å². The van der Waals surface area contributed by atoms with Crippen molar-refractivity contribution in [2.45, 2.75) is 13.3 Å². The highest BCUT2D eigenvalue weighted by molar-refractivity contribution is 5.84. The maximum Gasteiger partial charge on any atom is 0.137 e. The maximum atomic E-state index is 4.41. The standard InChI is InChI=1S/C12H12N4/c1-2-8-4-13-12-11(8)3-9(5-14-12)10-6-15-16-7-10/h3-7H,2H2,1H3,(H,13,14)(H,15,16). The van der Waals surface area contributed by atoms with Crippen LogP contribution in [0.15, 0.2) is 30.9 Å². The van der Waals surface area contributed by atoms with Crippen LogP contribution in [0.25, 0.3) is 22.2 Å². The van der Waals surface area contributed by atoms with Gasteiger partial charge in [-0.1, -0.05) is 6.92 Å². The molecule has 3 rings (SSSR count). The molecular weight excluding hydrogens is 200 g/mol. The summed E-state index contributed by atoms with van der Waals surface area (Å²) in [5.41, 5.74) is 4.41. The molecule has 0 unspecified atom stereocenters. The van der Waals surface area contributed by atoms with Crippen molar-refractivity contribution in [2.75, 3.05) is 0 Å². The largest absolute Gasteiger partial charge is 0.346 e. The number of rotatable bonds is 2. The molecule has 0 spiro atoms. The summed E-state index contributed by atoms with van der Waals surface area (Å²) in [6, 6.07) is 2.16. The van der Waals surface area contributed by atoms with Crippen molar-refractivity contribution >= 4 is 11.0 Å². The first-order valence-corrected chi connectivity index (χ1v) is 5.33. The van der Waals surface area contributed by atoms with Gasteiger partial charge in [0.15, 0.2) is 0 Å². The van der Waals surface area contributed by atoms with Gasteiger partial charge in [0.05, 0.1) is 6.20 Å². The highest BCUT2D eigenvalue weighted by atomic mass is 15.1. The van der Waals surface area contributed by atoms with E-state index in [1.165, 1.54) is 10.9 Å². The predicted octanol–water partition coefficient (Wildman–Crippen LogP) is 2.52. The number of aryl methyl sites for hydroxylation is 1. The highest BCUT2D eigenvalue weighted by Crippen LogP contribution is 2.23. The Morgan fingerprint density at radius 2 is 2.12 bits per heavy atom. The van der Waals surface area contributed by atoms with E-state index in [2.05, 4.69) is 33.2 Å². The summed E-state index contributed by atoms with van der Waals surface area (Å²) in [7, 11) is 0. The van der Waals surface area contributed by atoms with Crippen molar-refractivity contribution in [3.63, 3.8) is 0 Å². The topological polar surface area (TPSA) is 57.4 Å². The summed E-state index contributed by atoms with van der Waals surface area (Å²) in [5.74, 6) is 0. The van der Waals surface area contributed by atoms with Crippen LogP contribution < -0.4 is 0 Å². The van der Waals surface area contributed by atoms with E-state index in [1.807, 2.05) is 18.6 Å². The fourth-order valence-electron chi connectivity index (χ4n) is 1.92. The summed E-state index contributed by atoms with van der Waals surface area (Å²) >= 11 is 0. The molecule has 0 aromatic carbocycles. The second kappa shape index (κ2) is 3.48. The number of hydrogen-bond acceptors (Lipinski definition) is 2. The Balaban J connectivity index is 2.21. The summed E-state index contributed by atoms with van der Waals surface area (Å²) < 4.78 is 0. The van der Waals surface area contributed by atoms with E-state index >= 15 is 0 Å². The van der Waals surface area contributed by atoms with E-state index in [0.29, 0.717) is 0 Å². The van der Waals surface area contributed by atoms with E-state index in [0.717, 1.165) is 23.2 Å². The van der Waals surface area contributed by atoms with Crippen molar-refractivity contribution in [1.82, 2.24) is 20.2 Å². The fourth-order valence-corrected chi connectivity index (χ4v) is 1.92. The van der Waals surface area contributed by atoms with Gasteiger partial charge in [-0.3, -0.25) is 5.10 Å². The molecular formula is C12H12N4. The Hall–Kier alpha value is -2.10. The van der Waals surface area contributed by atoms with Crippen LogP contribution in [0.2, 0.25) is 0 Å². The number of hydrogen-bond donors (Lipinski definition) is 2. The van der Waals surface area contributed by atoms with E-state index in [1.54, 1.807) is 6.20 Å². The van der Waals surface area contributed by atoms with Crippen molar-refractivity contribution in [3.05, 3.63) is 36.4 Å². The average molecular weight is 212 g/mol. The molecule has 16 heavy (non-hydrogen) atoms. The first-order valence-electron chi connectivity index (χ1n) is 5.33. The lowest BCUT2D eigenvalue weighted by Crippen LogP contribution is -1.81. The van der Waals surface area contributed by atoms with E-state index in [9.17, 15) is 0 Å². The fraction of sp³-hybridized carbons (Fsp3) is 0.167. The van der Waals surface area contributed by atoms with E-state index in [4.69, 9.17) is 0 Å². The third-order valence-electron chi connectivity index (χ3n) is 2.83. The lowest BCUT2D eigenvalue weighted by Gasteiger charge is -1.98. The molecule has 0 aliphatic carbocycles. The summed E-state index contributed by atoms with van der Waals surface area (Å²) in [6.45, 7) is 2.15. The minimum Gasteiger partial charge on any atom is -0.346 e. The molecule has 0 aliphatic heterocycles. The van der Waals surface area contributed by atoms with Crippen molar-refractivity contribution in [1.29, 1.82) is 0 Å². The van der Waals surface area contributed by atoms with Gasteiger partial charge in [0.1, 0.15) is 5.65 Å². The van der Waals surface area contributed by atoms with Crippen LogP contribution in [-0.2, 0) is 6.42 Å². The number of aromatic amines is 2. The monoisotopic (exact) mass is 212 g/mol. The second-order valence-corrected chi connectivity index (χ2v) is 3.77. The zero-order valence-electron chi connectivity index (χ0n) is 8.99. The molecule has 0 atom stereocenters. The molecule has 4 nitrogen and oxygen atoms in total. The first kappa shape index (κ1) is 9.15. The quantitative estimate of drug-likeness (QED) is 0.685. The number of pyridine rings is 1. The Bertz CT molecular complexity index is 607. The Kier molecular flexibility index (Phi) is 1.99. The average Bonchev–Trinajstić information content (AvgIpc) is 2.97. The van der Waals surface area contributed by atoms with E-state index in [-0.39, 0.29) is 0 Å². The van der Waals surface area contributed by atoms with Gasteiger partial charge in [-0.05, 0) is 18.1 Å². The van der Waals surface area contributed by atoms with Gasteiger partial charge < -0.3 is 4.98 Å². The van der Waals surface area contributed by atoms with Gasteiger partial charge in [-0.25, -0.2) is 4.98 Å². The molecule has 0 bridgehead atoms. The molecule has 2 N–H and O–H groups in total. The summed E-state index contributed by atoms with van der Waals surface area (Å²) in [6.07, 6.45) is 8.58. The molecule has 4 heteroatoms. The predicted molar refractivity (Wildman–Crippen MR) is 63.1 cm³/mol. The minimum absolute atomic E-state index is 0.948. The van der Waals surface area contributed by atoms with Crippen molar-refractivity contribution < 1.29 is 0 Å². The molecule has 0 saturated heterocycles. The number of fused-ring (bicyclic) bond motifs is 1. The molecule has 0 aliphatic rings. The van der Waals surface area contributed by atoms with Gasteiger partial charge in [0.2, 0.25) is 0 Å². The normalized spacial score (nSPS) is 11.1. The van der Waals surface area contributed by atoms with Crippen molar-refractivity contribution in [3.8, 4) is 11.1 Å². The van der Waals surface area contributed by atoms with Crippen LogP contribution in [0.1, 0.15) is 12.5 Å². The van der Waals surface area contributed by atoms with Gasteiger partial charge >= 0.3 is 0 Å². The second-order valence-electron chi connectivity index (χ2n) is 3.77. The van der Waals surface area contributed by atoms with Crippen LogP contribution >= 0.6 is 0 Å². The smallest absolute Gasteiger partial charge is 0.137 e. The zero-order valence-corrected chi connectivity index (χ0v) is 8.99. The molecule has 80 valence electrons. The molecule has 3 aromatic heterocycles. The van der Waals surface area contributed by atoms with Gasteiger partial charge in [0.25, 0.3) is 0 Å². The Labute approximate surface area is 92.7 Å². The van der Waals surface area contributed by atoms with E-state index < -0.39 is 0 Å². The SMILES string of the molecule is CCc1c[nH]c2ncc(-c3cn[nH]c3)cc12. The van der Waals surface area contributed by atoms with Crippen LogP contribution in [0, 0.1) is 0 Å². The van der Waals surface area contributed by atoms with Crippen LogP contribution in [0.4, 0.5) is 0 Å². The Morgan fingerprint density at radius 3 is 2.88 bits per heavy atom. The van der Waals surface area contributed by atoms with Gasteiger partial charge in [-0.2, -0.15) is 5.10 Å². The maximum absolute atomic E-state index is 4.41. The third kappa shape index (κ3) is 1.31. The van der Waals surface area contributed by atoms with Crippen LogP contribution in [-0.4, -0.2) is 20.2 Å². The molecule has 3 aromatic rings. The van der Waals surface area contributed by atoms with Crippen LogP contribution in [0.3, 0.4) is 0 Å². The van der Waals surface area contributed by atoms with Gasteiger partial charge in [0, 0.05) is 35.1 Å². The molecule has 3 heterocycles. The molecule has 0 saturated carbocycles. The summed E-state index contributed by atoms with van der Waals surface area (Å²) in [5, 5.41) is 7.96. The number of nitrogens with zero attached hydrogens (tertiary/aromatic N) is 2. The van der Waals surface area contributed by atoms with Crippen molar-refractivity contribution in [2.24, 2.45) is 0 Å². The highest BCUT2D eigenvalue weighted by Gasteiger charge is 2.06.